The van der Waals surface area contributed by atoms with Crippen molar-refractivity contribution >= 4 is 27.8 Å². The van der Waals surface area contributed by atoms with Crippen LogP contribution in [0, 0.1) is 0 Å². The Hall–Kier alpha value is -2.42. The van der Waals surface area contributed by atoms with Crippen molar-refractivity contribution in [1.82, 2.24) is 20.2 Å². The second-order valence-corrected chi connectivity index (χ2v) is 7.98. The van der Waals surface area contributed by atoms with Crippen LogP contribution in [0.2, 0.25) is 0 Å². The van der Waals surface area contributed by atoms with Crippen LogP contribution in [0.25, 0.3) is 0 Å². The second-order valence-electron chi connectivity index (χ2n) is 7.06. The third-order valence-corrected chi connectivity index (χ3v) is 5.74. The molecule has 1 saturated carbocycles. The predicted molar refractivity (Wildman–Crippen MR) is 106 cm³/mol. The molecular weight excluding hydrogens is 426 g/mol. The fraction of sp³-hybridized carbons (Fsp3) is 0.474. The summed E-state index contributed by atoms with van der Waals surface area (Å²) in [6.45, 7) is 1.84. The number of methoxy groups -OCH3 is 1. The molecule has 1 N–H and O–H groups in total. The lowest BCUT2D eigenvalue weighted by molar-refractivity contribution is -0.146. The summed E-state index contributed by atoms with van der Waals surface area (Å²) < 4.78 is 13.9. The van der Waals surface area contributed by atoms with Crippen LogP contribution in [0.3, 0.4) is 0 Å². The highest BCUT2D eigenvalue weighted by molar-refractivity contribution is 9.10. The van der Waals surface area contributed by atoms with Gasteiger partial charge in [0.15, 0.2) is 0 Å². The summed E-state index contributed by atoms with van der Waals surface area (Å²) in [6.07, 6.45) is 5.16. The quantitative estimate of drug-likeness (QED) is 0.715. The predicted octanol–water partition coefficient (Wildman–Crippen LogP) is 3.61. The van der Waals surface area contributed by atoms with E-state index in [1.807, 2.05) is 25.1 Å². The van der Waals surface area contributed by atoms with Crippen LogP contribution in [-0.2, 0) is 9.53 Å². The molecule has 1 aromatic heterocycles. The topological polar surface area (TPSA) is 91.2 Å². The molecule has 0 radical (unpaired) electrons. The molecule has 1 unspecified atom stereocenters. The normalized spacial score (nSPS) is 19.8. The Bertz CT molecular complexity index is 920. The maximum Gasteiger partial charge on any atom is 0.338 e. The van der Waals surface area contributed by atoms with Crippen molar-refractivity contribution in [3.63, 3.8) is 0 Å². The fourth-order valence-electron chi connectivity index (χ4n) is 3.88. The summed E-state index contributed by atoms with van der Waals surface area (Å²) in [5, 5.41) is 15.0. The van der Waals surface area contributed by atoms with Gasteiger partial charge in [0.2, 0.25) is 5.95 Å². The average molecular weight is 448 g/mol. The van der Waals surface area contributed by atoms with Gasteiger partial charge in [0.05, 0.1) is 12.7 Å². The molecule has 1 aliphatic carbocycles. The zero-order chi connectivity index (χ0) is 19.7. The molecule has 1 atom stereocenters. The minimum Gasteiger partial charge on any atom is -0.496 e. The van der Waals surface area contributed by atoms with Crippen LogP contribution in [0.1, 0.15) is 50.6 Å². The van der Waals surface area contributed by atoms with E-state index >= 15 is 0 Å². The molecule has 0 saturated heterocycles. The molecule has 4 rings (SSSR count). The van der Waals surface area contributed by atoms with Gasteiger partial charge in [-0.2, -0.15) is 4.68 Å². The number of rotatable bonds is 4. The largest absolute Gasteiger partial charge is 0.496 e. The van der Waals surface area contributed by atoms with E-state index in [-0.39, 0.29) is 12.1 Å². The van der Waals surface area contributed by atoms with E-state index in [2.05, 4.69) is 36.8 Å². The van der Waals surface area contributed by atoms with Crippen molar-refractivity contribution in [3.8, 4) is 5.75 Å². The Balaban J connectivity index is 1.76. The summed E-state index contributed by atoms with van der Waals surface area (Å²) in [5.74, 6) is 0.774. The molecule has 9 heteroatoms. The molecule has 28 heavy (non-hydrogen) atoms. The number of carbonyl (C=O) groups is 1. The maximum atomic E-state index is 13.2. The van der Waals surface area contributed by atoms with Crippen molar-refractivity contribution in [2.45, 2.75) is 51.2 Å². The molecule has 148 valence electrons. The van der Waals surface area contributed by atoms with E-state index in [4.69, 9.17) is 9.47 Å². The number of tetrazole rings is 1. The lowest BCUT2D eigenvalue weighted by Crippen LogP contribution is -2.32. The number of hydrogen-bond donors (Lipinski definition) is 1. The molecule has 0 amide bonds. The van der Waals surface area contributed by atoms with Crippen LogP contribution < -0.4 is 10.1 Å². The monoisotopic (exact) mass is 447 g/mol. The Kier molecular flexibility index (Phi) is 5.34. The Morgan fingerprint density at radius 1 is 1.29 bits per heavy atom. The van der Waals surface area contributed by atoms with Crippen LogP contribution >= 0.6 is 15.9 Å². The third-order valence-electron chi connectivity index (χ3n) is 5.25. The summed E-state index contributed by atoms with van der Waals surface area (Å²) >= 11 is 3.51. The number of halogens is 1. The number of esters is 1. The summed E-state index contributed by atoms with van der Waals surface area (Å²) in [6, 6.07) is 5.11. The lowest BCUT2D eigenvalue weighted by Gasteiger charge is -2.30. The van der Waals surface area contributed by atoms with Crippen molar-refractivity contribution in [2.75, 3.05) is 12.4 Å². The maximum absolute atomic E-state index is 13.2. The molecule has 2 aromatic rings. The molecule has 8 nitrogen and oxygen atoms in total. The summed E-state index contributed by atoms with van der Waals surface area (Å²) in [5.41, 5.74) is 1.94. The minimum absolute atomic E-state index is 0.0399. The van der Waals surface area contributed by atoms with Gasteiger partial charge < -0.3 is 14.8 Å². The number of ether oxygens (including phenoxy) is 2. The van der Waals surface area contributed by atoms with Gasteiger partial charge in [-0.15, -0.1) is 0 Å². The number of nitrogens with zero attached hydrogens (tertiary/aromatic N) is 4. The van der Waals surface area contributed by atoms with Crippen molar-refractivity contribution in [2.24, 2.45) is 0 Å². The van der Waals surface area contributed by atoms with Gasteiger partial charge in [-0.25, -0.2) is 4.79 Å². The highest BCUT2D eigenvalue weighted by atomic mass is 79.9. The van der Waals surface area contributed by atoms with E-state index in [0.717, 1.165) is 35.7 Å². The molecular formula is C19H22BrN5O3. The molecule has 1 aromatic carbocycles. The number of aromatic nitrogens is 4. The molecule has 1 aliphatic heterocycles. The van der Waals surface area contributed by atoms with E-state index in [1.54, 1.807) is 11.8 Å². The number of benzene rings is 1. The van der Waals surface area contributed by atoms with Crippen molar-refractivity contribution in [1.29, 1.82) is 0 Å². The smallest absolute Gasteiger partial charge is 0.338 e. The van der Waals surface area contributed by atoms with Gasteiger partial charge in [0, 0.05) is 15.7 Å². The second kappa shape index (κ2) is 7.90. The number of hydrogen-bond acceptors (Lipinski definition) is 7. The van der Waals surface area contributed by atoms with Gasteiger partial charge >= 0.3 is 5.97 Å². The number of nitrogens with one attached hydrogen (secondary N) is 1. The molecule has 2 aliphatic rings. The fourth-order valence-corrected chi connectivity index (χ4v) is 4.26. The minimum atomic E-state index is -0.546. The van der Waals surface area contributed by atoms with Gasteiger partial charge in [-0.1, -0.05) is 27.4 Å². The van der Waals surface area contributed by atoms with Crippen molar-refractivity contribution in [3.05, 3.63) is 39.5 Å². The Morgan fingerprint density at radius 3 is 2.82 bits per heavy atom. The van der Waals surface area contributed by atoms with E-state index in [1.165, 1.54) is 6.42 Å². The molecule has 0 spiro atoms. The van der Waals surface area contributed by atoms with Gasteiger partial charge in [0.1, 0.15) is 17.9 Å². The lowest BCUT2D eigenvalue weighted by atomic mass is 9.94. The molecule has 2 heterocycles. The highest BCUT2D eigenvalue weighted by Crippen LogP contribution is 2.40. The average Bonchev–Trinajstić information content (AvgIpc) is 3.15. The number of allylic oxidation sites excluding steroid dienone is 1. The first-order valence-electron chi connectivity index (χ1n) is 9.38. The zero-order valence-corrected chi connectivity index (χ0v) is 17.4. The first kappa shape index (κ1) is 18.9. The SMILES string of the molecule is COc1ccc(Br)cc1C1C(C(=O)OC2CCCCC2)=C(C)Nc2nnnn21. The van der Waals surface area contributed by atoms with Gasteiger partial charge in [-0.3, -0.25) is 0 Å². The first-order valence-corrected chi connectivity index (χ1v) is 10.2. The first-order chi connectivity index (χ1) is 13.6. The van der Waals surface area contributed by atoms with Gasteiger partial charge in [-0.05, 0) is 61.2 Å². The Labute approximate surface area is 171 Å². The Morgan fingerprint density at radius 2 is 2.07 bits per heavy atom. The number of carbonyl (C=O) groups excluding carboxylic acids is 1. The van der Waals surface area contributed by atoms with Crippen LogP contribution in [0.5, 0.6) is 5.75 Å². The number of anilines is 1. The third kappa shape index (κ3) is 3.50. The van der Waals surface area contributed by atoms with Crippen LogP contribution in [-0.4, -0.2) is 39.4 Å². The number of fused-ring (bicyclic) bond motifs is 1. The highest BCUT2D eigenvalue weighted by Gasteiger charge is 2.37. The molecule has 1 fully saturated rings. The van der Waals surface area contributed by atoms with Crippen LogP contribution in [0.15, 0.2) is 33.9 Å². The standard InChI is InChI=1S/C19H22BrN5O3/c1-11-16(18(26)28-13-6-4-3-5-7-13)17(25-19(21-11)22-23-24-25)14-10-12(20)8-9-15(14)27-2/h8-10,13,17H,3-7H2,1-2H3,(H,21,22,24). The summed E-state index contributed by atoms with van der Waals surface area (Å²) in [7, 11) is 1.60. The van der Waals surface area contributed by atoms with Gasteiger partial charge in [0.25, 0.3) is 0 Å². The molecule has 0 bridgehead atoms. The van der Waals surface area contributed by atoms with E-state index < -0.39 is 6.04 Å². The zero-order valence-electron chi connectivity index (χ0n) is 15.8. The van der Waals surface area contributed by atoms with E-state index in [9.17, 15) is 4.79 Å². The van der Waals surface area contributed by atoms with Crippen molar-refractivity contribution < 1.29 is 14.3 Å². The van der Waals surface area contributed by atoms with E-state index in [0.29, 0.717) is 23.0 Å². The van der Waals surface area contributed by atoms with Crippen LogP contribution in [0.4, 0.5) is 5.95 Å². The summed E-state index contributed by atoms with van der Waals surface area (Å²) in [4.78, 5) is 13.2.